The van der Waals surface area contributed by atoms with E-state index in [9.17, 15) is 9.59 Å². The van der Waals surface area contributed by atoms with Gasteiger partial charge in [0, 0.05) is 44.8 Å². The van der Waals surface area contributed by atoms with Gasteiger partial charge in [0.25, 0.3) is 0 Å². The van der Waals surface area contributed by atoms with Gasteiger partial charge in [0.2, 0.25) is 11.8 Å². The number of fused-ring (bicyclic) bond motifs is 1. The molecule has 1 aliphatic heterocycles. The van der Waals surface area contributed by atoms with E-state index in [0.717, 1.165) is 11.4 Å². The van der Waals surface area contributed by atoms with Crippen LogP contribution < -0.4 is 5.32 Å². The fourth-order valence-electron chi connectivity index (χ4n) is 3.18. The molecule has 1 atom stereocenters. The summed E-state index contributed by atoms with van der Waals surface area (Å²) in [6.07, 6.45) is 5.54. The first-order valence-corrected chi connectivity index (χ1v) is 9.17. The molecule has 8 nitrogen and oxygen atoms in total. The fourth-order valence-corrected chi connectivity index (χ4v) is 3.18. The second-order valence-electron chi connectivity index (χ2n) is 6.50. The maximum absolute atomic E-state index is 12.3. The van der Waals surface area contributed by atoms with Crippen LogP contribution in [0.25, 0.3) is 0 Å². The normalized spacial score (nSPS) is 16.1. The Morgan fingerprint density at radius 3 is 2.96 bits per heavy atom. The van der Waals surface area contributed by atoms with Gasteiger partial charge in [0.05, 0.1) is 18.2 Å². The summed E-state index contributed by atoms with van der Waals surface area (Å²) in [7, 11) is 0. The summed E-state index contributed by atoms with van der Waals surface area (Å²) in [4.78, 5) is 34.9. The van der Waals surface area contributed by atoms with Crippen molar-refractivity contribution in [2.75, 3.05) is 19.8 Å². The zero-order chi connectivity index (χ0) is 19.2. The van der Waals surface area contributed by atoms with Crippen molar-refractivity contribution in [2.24, 2.45) is 0 Å². The average molecular weight is 371 g/mol. The molecule has 0 bridgehead atoms. The van der Waals surface area contributed by atoms with Crippen LogP contribution in [-0.4, -0.2) is 51.0 Å². The van der Waals surface area contributed by atoms with Crippen molar-refractivity contribution in [2.45, 2.75) is 39.4 Å². The predicted molar refractivity (Wildman–Crippen MR) is 98.6 cm³/mol. The van der Waals surface area contributed by atoms with Gasteiger partial charge >= 0.3 is 0 Å². The molecule has 2 aromatic heterocycles. The average Bonchev–Trinajstić information content (AvgIpc) is 3.09. The zero-order valence-corrected chi connectivity index (χ0v) is 15.7. The van der Waals surface area contributed by atoms with Crippen LogP contribution in [0.3, 0.4) is 0 Å². The molecule has 0 fully saturated rings. The van der Waals surface area contributed by atoms with Crippen molar-refractivity contribution in [3.8, 4) is 0 Å². The third kappa shape index (κ3) is 4.71. The molecule has 1 N–H and O–H groups in total. The molecule has 0 saturated heterocycles. The molecule has 3 rings (SSSR count). The van der Waals surface area contributed by atoms with E-state index in [4.69, 9.17) is 4.74 Å². The summed E-state index contributed by atoms with van der Waals surface area (Å²) in [5.41, 5.74) is 1.66. The van der Waals surface area contributed by atoms with Gasteiger partial charge in [-0.3, -0.25) is 14.6 Å². The smallest absolute Gasteiger partial charge is 0.249 e. The van der Waals surface area contributed by atoms with Crippen molar-refractivity contribution in [1.82, 2.24) is 24.8 Å². The minimum Gasteiger partial charge on any atom is -0.372 e. The highest BCUT2D eigenvalue weighted by molar-refractivity contribution is 5.78. The Kier molecular flexibility index (Phi) is 6.18. The highest BCUT2D eigenvalue weighted by Crippen LogP contribution is 2.24. The molecule has 8 heteroatoms. The molecule has 144 valence electrons. The van der Waals surface area contributed by atoms with Crippen molar-refractivity contribution in [3.05, 3.63) is 47.8 Å². The maximum Gasteiger partial charge on any atom is 0.249 e. The summed E-state index contributed by atoms with van der Waals surface area (Å²) in [5.74, 6) is 0.682. The standard InChI is InChI=1S/C19H25N5O3/c1-3-27-13-18(26)24-8-7-23-12-16(22-19(23)14(24)2)9-17(25)21-11-15-5-4-6-20-10-15/h4-6,10,12,14H,3,7-9,11,13H2,1-2H3,(H,21,25). The second kappa shape index (κ2) is 8.77. The van der Waals surface area contributed by atoms with Gasteiger partial charge in [-0.15, -0.1) is 0 Å². The van der Waals surface area contributed by atoms with Gasteiger partial charge in [-0.1, -0.05) is 6.07 Å². The van der Waals surface area contributed by atoms with Crippen LogP contribution in [0.15, 0.2) is 30.7 Å². The van der Waals surface area contributed by atoms with E-state index in [-0.39, 0.29) is 30.9 Å². The summed E-state index contributed by atoms with van der Waals surface area (Å²) in [5, 5.41) is 2.88. The molecule has 0 aliphatic carbocycles. The lowest BCUT2D eigenvalue weighted by molar-refractivity contribution is -0.139. The quantitative estimate of drug-likeness (QED) is 0.787. The van der Waals surface area contributed by atoms with Gasteiger partial charge in [0.15, 0.2) is 0 Å². The highest BCUT2D eigenvalue weighted by Gasteiger charge is 2.29. The van der Waals surface area contributed by atoms with E-state index in [1.165, 1.54) is 0 Å². The van der Waals surface area contributed by atoms with E-state index in [0.29, 0.717) is 31.9 Å². The van der Waals surface area contributed by atoms with E-state index in [2.05, 4.69) is 15.3 Å². The fraction of sp³-hybridized carbons (Fsp3) is 0.474. The van der Waals surface area contributed by atoms with E-state index in [1.807, 2.05) is 36.7 Å². The Labute approximate surface area is 158 Å². The third-order valence-corrected chi connectivity index (χ3v) is 4.58. The monoisotopic (exact) mass is 371 g/mol. The Hall–Kier alpha value is -2.74. The first-order valence-electron chi connectivity index (χ1n) is 9.17. The van der Waals surface area contributed by atoms with Gasteiger partial charge in [-0.05, 0) is 25.5 Å². The molecule has 2 aromatic rings. The number of aromatic nitrogens is 3. The maximum atomic E-state index is 12.3. The van der Waals surface area contributed by atoms with Crippen LogP contribution in [0.2, 0.25) is 0 Å². The molecule has 0 aromatic carbocycles. The molecule has 1 aliphatic rings. The van der Waals surface area contributed by atoms with Gasteiger partial charge in [-0.25, -0.2) is 4.98 Å². The number of carbonyl (C=O) groups excluding carboxylic acids is 2. The van der Waals surface area contributed by atoms with Crippen LogP contribution in [0.4, 0.5) is 0 Å². The Bertz CT molecular complexity index is 790. The number of pyridine rings is 1. The molecule has 27 heavy (non-hydrogen) atoms. The van der Waals surface area contributed by atoms with E-state index >= 15 is 0 Å². The van der Waals surface area contributed by atoms with Gasteiger partial charge in [-0.2, -0.15) is 0 Å². The zero-order valence-electron chi connectivity index (χ0n) is 15.7. The molecule has 0 radical (unpaired) electrons. The number of rotatable bonds is 7. The summed E-state index contributed by atoms with van der Waals surface area (Å²) >= 11 is 0. The lowest BCUT2D eigenvalue weighted by Crippen LogP contribution is -2.42. The molecule has 0 spiro atoms. The van der Waals surface area contributed by atoms with Crippen molar-refractivity contribution >= 4 is 11.8 Å². The highest BCUT2D eigenvalue weighted by atomic mass is 16.5. The first-order chi connectivity index (χ1) is 13.1. The number of imidazole rings is 1. The van der Waals surface area contributed by atoms with Crippen molar-refractivity contribution in [3.63, 3.8) is 0 Å². The number of ether oxygens (including phenoxy) is 1. The summed E-state index contributed by atoms with van der Waals surface area (Å²) in [6, 6.07) is 3.61. The van der Waals surface area contributed by atoms with Crippen molar-refractivity contribution in [1.29, 1.82) is 0 Å². The molecule has 0 saturated carbocycles. The SMILES string of the molecule is CCOCC(=O)N1CCn2cc(CC(=O)NCc3cccnc3)nc2C1C. The third-order valence-electron chi connectivity index (χ3n) is 4.58. The molecule has 1 unspecified atom stereocenters. The van der Waals surface area contributed by atoms with Gasteiger partial charge < -0.3 is 19.5 Å². The number of hydrogen-bond acceptors (Lipinski definition) is 5. The Morgan fingerprint density at radius 2 is 2.22 bits per heavy atom. The summed E-state index contributed by atoms with van der Waals surface area (Å²) < 4.78 is 7.26. The van der Waals surface area contributed by atoms with E-state index in [1.54, 1.807) is 17.3 Å². The molecular weight excluding hydrogens is 346 g/mol. The van der Waals surface area contributed by atoms with Crippen LogP contribution in [0.5, 0.6) is 0 Å². The van der Waals surface area contributed by atoms with Crippen LogP contribution in [-0.2, 0) is 33.8 Å². The predicted octanol–water partition coefficient (Wildman–Crippen LogP) is 1.08. The Morgan fingerprint density at radius 1 is 1.37 bits per heavy atom. The minimum absolute atomic E-state index is 0.0330. The topological polar surface area (TPSA) is 89.4 Å². The van der Waals surface area contributed by atoms with Crippen molar-refractivity contribution < 1.29 is 14.3 Å². The minimum atomic E-state index is -0.140. The number of nitrogens with one attached hydrogen (secondary N) is 1. The van der Waals surface area contributed by atoms with Crippen LogP contribution >= 0.6 is 0 Å². The molecule has 2 amide bonds. The lowest BCUT2D eigenvalue weighted by Gasteiger charge is -2.33. The largest absolute Gasteiger partial charge is 0.372 e. The van der Waals surface area contributed by atoms with Crippen LogP contribution in [0, 0.1) is 0 Å². The lowest BCUT2D eigenvalue weighted by atomic mass is 10.2. The van der Waals surface area contributed by atoms with E-state index < -0.39 is 0 Å². The Balaban J connectivity index is 1.58. The second-order valence-corrected chi connectivity index (χ2v) is 6.50. The number of amides is 2. The van der Waals surface area contributed by atoms with Crippen LogP contribution in [0.1, 0.15) is 37.0 Å². The number of carbonyl (C=O) groups is 2. The summed E-state index contributed by atoms with van der Waals surface area (Å²) in [6.45, 7) is 6.15. The first kappa shape index (κ1) is 19.0. The number of hydrogen-bond donors (Lipinski definition) is 1. The molecular formula is C19H25N5O3. The number of nitrogens with zero attached hydrogens (tertiary/aromatic N) is 4. The van der Waals surface area contributed by atoms with Gasteiger partial charge in [0.1, 0.15) is 12.4 Å². The molecule has 3 heterocycles.